The fraction of sp³-hybridized carbons (Fsp3) is 0.417. The van der Waals surface area contributed by atoms with Crippen LogP contribution in [0.1, 0.15) is 31.4 Å². The second-order valence-corrected chi connectivity index (χ2v) is 5.05. The zero-order chi connectivity index (χ0) is 11.3. The maximum absolute atomic E-state index is 11.9. The smallest absolute Gasteiger partial charge is 0.166 e. The summed E-state index contributed by atoms with van der Waals surface area (Å²) in [5, 5.41) is 0. The molecule has 0 aliphatic rings. The number of hydrogen-bond acceptors (Lipinski definition) is 2. The zero-order valence-corrected chi connectivity index (χ0v) is 11.0. The number of Topliss-reactive ketones (excluding diaryl/α,β-unsaturated/α-hetero) is 1. The van der Waals surface area contributed by atoms with E-state index in [1.165, 1.54) is 0 Å². The molecule has 2 unspecified atom stereocenters. The van der Waals surface area contributed by atoms with Gasteiger partial charge in [0.05, 0.1) is 9.97 Å². The van der Waals surface area contributed by atoms with Gasteiger partial charge in [-0.15, -0.1) is 0 Å². The minimum absolute atomic E-state index is 0.0304. The molecule has 2 atom stereocenters. The molecule has 0 spiro atoms. The normalized spacial score (nSPS) is 14.6. The van der Waals surface area contributed by atoms with Crippen molar-refractivity contribution in [3.8, 4) is 0 Å². The van der Waals surface area contributed by atoms with Gasteiger partial charge in [-0.3, -0.25) is 4.79 Å². The Morgan fingerprint density at radius 2 is 2.00 bits per heavy atom. The Hall–Kier alpha value is -0.420. The van der Waals surface area contributed by atoms with Crippen LogP contribution in [0, 0.1) is 0 Å². The van der Waals surface area contributed by atoms with E-state index in [2.05, 4.69) is 29.5 Å². The Bertz CT molecular complexity index is 313. The number of benzene rings is 1. The molecular weight excluding hydrogens is 301 g/mol. The Kier molecular flexibility index (Phi) is 5.25. The maximum atomic E-state index is 11.9. The Balaban J connectivity index is 2.69. The molecule has 3 heteroatoms. The van der Waals surface area contributed by atoms with Gasteiger partial charge < -0.3 is 5.73 Å². The number of ketones is 1. The third-order valence-electron chi connectivity index (χ3n) is 2.32. The average Bonchev–Trinajstić information content (AvgIpc) is 2.28. The molecular formula is C12H16INO. The average molecular weight is 317 g/mol. The predicted molar refractivity (Wildman–Crippen MR) is 71.1 cm³/mol. The van der Waals surface area contributed by atoms with Crippen LogP contribution in [-0.2, 0) is 4.79 Å². The highest BCUT2D eigenvalue weighted by molar-refractivity contribution is 14.1. The summed E-state index contributed by atoms with van der Waals surface area (Å²) in [4.78, 5) is 11.9. The number of halogens is 1. The number of alkyl halides is 1. The second-order valence-electron chi connectivity index (χ2n) is 3.55. The molecule has 1 aromatic rings. The molecule has 0 aromatic heterocycles. The van der Waals surface area contributed by atoms with Gasteiger partial charge >= 0.3 is 0 Å². The second kappa shape index (κ2) is 6.23. The van der Waals surface area contributed by atoms with Crippen molar-refractivity contribution in [2.75, 3.05) is 0 Å². The maximum Gasteiger partial charge on any atom is 0.166 e. The summed E-state index contributed by atoms with van der Waals surface area (Å²) in [6.07, 6.45) is 1.92. The summed E-state index contributed by atoms with van der Waals surface area (Å²) < 4.78 is 0.0304. The lowest BCUT2D eigenvalue weighted by atomic mass is 10.0. The van der Waals surface area contributed by atoms with Crippen molar-refractivity contribution in [2.45, 2.75) is 29.7 Å². The topological polar surface area (TPSA) is 43.1 Å². The lowest BCUT2D eigenvalue weighted by Crippen LogP contribution is -2.28. The van der Waals surface area contributed by atoms with E-state index in [9.17, 15) is 4.79 Å². The molecule has 1 aromatic carbocycles. The molecule has 1 rings (SSSR count). The lowest BCUT2D eigenvalue weighted by Gasteiger charge is -2.14. The molecule has 0 fully saturated rings. The molecule has 0 saturated heterocycles. The zero-order valence-electron chi connectivity index (χ0n) is 8.82. The van der Waals surface area contributed by atoms with Gasteiger partial charge in [-0.05, 0) is 12.0 Å². The molecule has 82 valence electrons. The highest BCUT2D eigenvalue weighted by Crippen LogP contribution is 2.19. The first-order chi connectivity index (χ1) is 7.16. The van der Waals surface area contributed by atoms with E-state index in [1.54, 1.807) is 0 Å². The first-order valence-electron chi connectivity index (χ1n) is 5.15. The van der Waals surface area contributed by atoms with Crippen molar-refractivity contribution >= 4 is 28.4 Å². The Morgan fingerprint density at radius 1 is 1.40 bits per heavy atom. The first-order valence-corrected chi connectivity index (χ1v) is 6.39. The van der Waals surface area contributed by atoms with Crippen molar-refractivity contribution < 1.29 is 4.79 Å². The minimum atomic E-state index is -0.473. The van der Waals surface area contributed by atoms with Crippen LogP contribution in [0.2, 0.25) is 0 Å². The van der Waals surface area contributed by atoms with E-state index in [4.69, 9.17) is 5.73 Å². The number of carbonyl (C=O) groups is 1. The predicted octanol–water partition coefficient (Wildman–Crippen LogP) is 2.86. The molecule has 0 radical (unpaired) electrons. The third-order valence-corrected chi connectivity index (χ3v) is 3.55. The van der Waals surface area contributed by atoms with Gasteiger partial charge in [0, 0.05) is 0 Å². The summed E-state index contributed by atoms with van der Waals surface area (Å²) in [5.74, 6) is 0.128. The molecule has 2 nitrogen and oxygen atoms in total. The monoisotopic (exact) mass is 317 g/mol. The molecule has 15 heavy (non-hydrogen) atoms. The molecule has 2 N–H and O–H groups in total. The van der Waals surface area contributed by atoms with E-state index in [-0.39, 0.29) is 9.71 Å². The minimum Gasteiger partial charge on any atom is -0.318 e. The van der Waals surface area contributed by atoms with Crippen LogP contribution >= 0.6 is 22.6 Å². The number of rotatable bonds is 5. The molecule has 0 bridgehead atoms. The molecule has 0 saturated carbocycles. The highest BCUT2D eigenvalue weighted by atomic mass is 127. The van der Waals surface area contributed by atoms with Crippen LogP contribution in [0.3, 0.4) is 0 Å². The van der Waals surface area contributed by atoms with E-state index in [0.29, 0.717) is 0 Å². The van der Waals surface area contributed by atoms with Gasteiger partial charge in [0.2, 0.25) is 0 Å². The van der Waals surface area contributed by atoms with Gasteiger partial charge in [0.15, 0.2) is 5.78 Å². The Labute approximate surface area is 104 Å². The van der Waals surface area contributed by atoms with Crippen molar-refractivity contribution in [3.05, 3.63) is 35.9 Å². The quantitative estimate of drug-likeness (QED) is 0.670. The molecule has 0 aliphatic carbocycles. The van der Waals surface area contributed by atoms with E-state index in [1.807, 2.05) is 30.3 Å². The molecule has 0 amide bonds. The summed E-state index contributed by atoms with van der Waals surface area (Å²) in [6, 6.07) is 9.07. The third kappa shape index (κ3) is 3.57. The van der Waals surface area contributed by atoms with E-state index in [0.717, 1.165) is 18.4 Å². The van der Waals surface area contributed by atoms with Crippen molar-refractivity contribution in [1.29, 1.82) is 0 Å². The van der Waals surface area contributed by atoms with E-state index < -0.39 is 6.04 Å². The first kappa shape index (κ1) is 12.6. The number of nitrogens with two attached hydrogens (primary N) is 1. The number of carbonyl (C=O) groups excluding carboxylic acids is 1. The summed E-state index contributed by atoms with van der Waals surface area (Å²) in [7, 11) is 0. The number of hydrogen-bond donors (Lipinski definition) is 1. The molecule has 0 heterocycles. The van der Waals surface area contributed by atoms with Crippen LogP contribution in [0.5, 0.6) is 0 Å². The van der Waals surface area contributed by atoms with E-state index >= 15 is 0 Å². The SMILES string of the molecule is CCCC(I)C(=O)C(N)c1ccccc1. The van der Waals surface area contributed by atoms with Crippen LogP contribution in [0.4, 0.5) is 0 Å². The summed E-state index contributed by atoms with van der Waals surface area (Å²) >= 11 is 2.18. The Morgan fingerprint density at radius 3 is 2.53 bits per heavy atom. The van der Waals surface area contributed by atoms with Crippen molar-refractivity contribution in [3.63, 3.8) is 0 Å². The largest absolute Gasteiger partial charge is 0.318 e. The van der Waals surface area contributed by atoms with Crippen LogP contribution in [0.15, 0.2) is 30.3 Å². The molecule has 0 aliphatic heterocycles. The fourth-order valence-corrected chi connectivity index (χ4v) is 2.43. The summed E-state index contributed by atoms with van der Waals surface area (Å²) in [5.41, 5.74) is 6.82. The van der Waals surface area contributed by atoms with Gasteiger partial charge in [-0.1, -0.05) is 66.3 Å². The fourth-order valence-electron chi connectivity index (χ4n) is 1.42. The van der Waals surface area contributed by atoms with Gasteiger partial charge in [0.25, 0.3) is 0 Å². The van der Waals surface area contributed by atoms with Crippen LogP contribution in [-0.4, -0.2) is 9.71 Å². The van der Waals surface area contributed by atoms with Crippen molar-refractivity contribution in [1.82, 2.24) is 0 Å². The lowest BCUT2D eigenvalue weighted by molar-refractivity contribution is -0.119. The summed E-state index contributed by atoms with van der Waals surface area (Å²) in [6.45, 7) is 2.08. The van der Waals surface area contributed by atoms with Crippen LogP contribution in [0.25, 0.3) is 0 Å². The van der Waals surface area contributed by atoms with Gasteiger partial charge in [-0.25, -0.2) is 0 Å². The van der Waals surface area contributed by atoms with Gasteiger partial charge in [0.1, 0.15) is 0 Å². The van der Waals surface area contributed by atoms with Crippen molar-refractivity contribution in [2.24, 2.45) is 5.73 Å². The highest BCUT2D eigenvalue weighted by Gasteiger charge is 2.22. The van der Waals surface area contributed by atoms with Crippen LogP contribution < -0.4 is 5.73 Å². The van der Waals surface area contributed by atoms with Gasteiger partial charge in [-0.2, -0.15) is 0 Å². The standard InChI is InChI=1S/C12H16INO/c1-2-6-10(13)12(15)11(14)9-7-4-3-5-8-9/h3-5,7-8,10-11H,2,6,14H2,1H3.